The molecule has 110 valence electrons. The Labute approximate surface area is 124 Å². The topological polar surface area (TPSA) is 39.1 Å². The number of aryl methyl sites for hydroxylation is 3. The fourth-order valence-electron chi connectivity index (χ4n) is 2.00. The molecule has 20 heavy (non-hydrogen) atoms. The molecule has 0 atom stereocenters. The Morgan fingerprint density at radius 1 is 1.35 bits per heavy atom. The van der Waals surface area contributed by atoms with Crippen molar-refractivity contribution in [3.8, 4) is 5.88 Å². The second-order valence-electron chi connectivity index (χ2n) is 5.37. The number of hydrogen-bond donors (Lipinski definition) is 1. The molecular formula is C15H23N3OS. The Morgan fingerprint density at radius 3 is 2.70 bits per heavy atom. The quantitative estimate of drug-likeness (QED) is 0.889. The Morgan fingerprint density at radius 2 is 2.10 bits per heavy atom. The van der Waals surface area contributed by atoms with Crippen LogP contribution in [0.25, 0.3) is 0 Å². The second kappa shape index (κ2) is 6.41. The number of ether oxygens (including phenoxy) is 1. The first-order valence-corrected chi connectivity index (χ1v) is 7.72. The Balaban J connectivity index is 1.97. The fourth-order valence-corrected chi connectivity index (χ4v) is 3.00. The molecule has 0 spiro atoms. The normalized spacial score (nSPS) is 11.3. The monoisotopic (exact) mass is 293 g/mol. The van der Waals surface area contributed by atoms with E-state index >= 15 is 0 Å². The van der Waals surface area contributed by atoms with Crippen molar-refractivity contribution in [3.05, 3.63) is 33.1 Å². The highest BCUT2D eigenvalue weighted by atomic mass is 32.1. The first kappa shape index (κ1) is 15.1. The summed E-state index contributed by atoms with van der Waals surface area (Å²) in [5.74, 6) is 0.815. The van der Waals surface area contributed by atoms with E-state index < -0.39 is 0 Å². The van der Waals surface area contributed by atoms with Gasteiger partial charge in [0.05, 0.1) is 5.69 Å². The van der Waals surface area contributed by atoms with Crippen molar-refractivity contribution < 1.29 is 4.74 Å². The fraction of sp³-hybridized carbons (Fsp3) is 0.533. The molecule has 1 N–H and O–H groups in total. The third-order valence-corrected chi connectivity index (χ3v) is 4.18. The molecule has 2 rings (SSSR count). The molecular weight excluding hydrogens is 270 g/mol. The summed E-state index contributed by atoms with van der Waals surface area (Å²) >= 11 is 1.84. The molecule has 0 bridgehead atoms. The van der Waals surface area contributed by atoms with Crippen LogP contribution >= 0.6 is 11.3 Å². The molecule has 0 aliphatic carbocycles. The maximum Gasteiger partial charge on any atom is 0.212 e. The molecule has 2 heterocycles. The predicted octanol–water partition coefficient (Wildman–Crippen LogP) is 3.18. The lowest BCUT2D eigenvalue weighted by atomic mass is 10.2. The van der Waals surface area contributed by atoms with Crippen molar-refractivity contribution in [2.45, 2.75) is 46.9 Å². The molecule has 0 radical (unpaired) electrons. The largest absolute Gasteiger partial charge is 0.473 e. The zero-order chi connectivity index (χ0) is 14.7. The average Bonchev–Trinajstić information content (AvgIpc) is 2.87. The van der Waals surface area contributed by atoms with Gasteiger partial charge in [0.1, 0.15) is 6.61 Å². The molecule has 0 amide bonds. The Kier molecular flexibility index (Phi) is 4.83. The number of hydrogen-bond acceptors (Lipinski definition) is 4. The minimum absolute atomic E-state index is 0.509. The number of nitrogens with zero attached hydrogens (tertiary/aromatic N) is 2. The van der Waals surface area contributed by atoms with E-state index in [1.807, 2.05) is 31.4 Å². The van der Waals surface area contributed by atoms with Gasteiger partial charge in [0, 0.05) is 41.0 Å². The van der Waals surface area contributed by atoms with Crippen molar-refractivity contribution in [1.29, 1.82) is 0 Å². The maximum absolute atomic E-state index is 5.85. The molecule has 0 fully saturated rings. The second-order valence-corrected chi connectivity index (χ2v) is 6.71. The molecule has 0 unspecified atom stereocenters. The zero-order valence-corrected chi connectivity index (χ0v) is 13.7. The van der Waals surface area contributed by atoms with E-state index in [1.54, 1.807) is 4.68 Å². The van der Waals surface area contributed by atoms with Gasteiger partial charge in [0.25, 0.3) is 0 Å². The number of thiophene rings is 1. The van der Waals surface area contributed by atoms with Crippen molar-refractivity contribution in [3.63, 3.8) is 0 Å². The molecule has 0 saturated carbocycles. The van der Waals surface area contributed by atoms with Crippen LogP contribution < -0.4 is 10.1 Å². The molecule has 0 saturated heterocycles. The number of nitrogens with one attached hydrogen (secondary N) is 1. The molecule has 5 heteroatoms. The molecule has 2 aromatic heterocycles. The summed E-state index contributed by atoms with van der Waals surface area (Å²) < 4.78 is 7.63. The van der Waals surface area contributed by atoms with E-state index in [2.05, 4.69) is 37.3 Å². The summed E-state index contributed by atoms with van der Waals surface area (Å²) in [6.45, 7) is 9.97. The maximum atomic E-state index is 5.85. The summed E-state index contributed by atoms with van der Waals surface area (Å²) in [7, 11) is 1.90. The van der Waals surface area contributed by atoms with Gasteiger partial charge in [-0.3, -0.25) is 0 Å². The standard InChI is InChI=1S/C15H23N3OS/c1-10(2)16-8-14-7-13(12(4)20-14)9-19-15-6-11(3)17-18(15)5/h6-7,10,16H,8-9H2,1-5H3. The van der Waals surface area contributed by atoms with E-state index in [0.29, 0.717) is 12.6 Å². The Hall–Kier alpha value is -1.33. The zero-order valence-electron chi connectivity index (χ0n) is 12.9. The van der Waals surface area contributed by atoms with Crippen LogP contribution in [0.3, 0.4) is 0 Å². The van der Waals surface area contributed by atoms with Crippen LogP contribution in [0.2, 0.25) is 0 Å². The molecule has 4 nitrogen and oxygen atoms in total. The van der Waals surface area contributed by atoms with Crippen LogP contribution in [0, 0.1) is 13.8 Å². The Bertz CT molecular complexity index is 572. The van der Waals surface area contributed by atoms with Crippen LogP contribution in [0.15, 0.2) is 12.1 Å². The van der Waals surface area contributed by atoms with Gasteiger partial charge in [0.2, 0.25) is 5.88 Å². The van der Waals surface area contributed by atoms with Crippen LogP contribution in [0.1, 0.15) is 34.9 Å². The molecule has 0 aliphatic rings. The van der Waals surface area contributed by atoms with Gasteiger partial charge >= 0.3 is 0 Å². The number of aromatic nitrogens is 2. The summed E-state index contributed by atoms with van der Waals surface area (Å²) in [4.78, 5) is 2.68. The lowest BCUT2D eigenvalue weighted by Gasteiger charge is -2.05. The number of rotatable bonds is 6. The average molecular weight is 293 g/mol. The highest BCUT2D eigenvalue weighted by Crippen LogP contribution is 2.23. The van der Waals surface area contributed by atoms with Gasteiger partial charge in [-0.1, -0.05) is 13.8 Å². The first-order valence-electron chi connectivity index (χ1n) is 6.90. The van der Waals surface area contributed by atoms with E-state index in [-0.39, 0.29) is 0 Å². The van der Waals surface area contributed by atoms with Crippen molar-refractivity contribution in [2.24, 2.45) is 7.05 Å². The van der Waals surface area contributed by atoms with E-state index in [4.69, 9.17) is 4.74 Å². The molecule has 0 aliphatic heterocycles. The van der Waals surface area contributed by atoms with Gasteiger partial charge in [-0.05, 0) is 19.9 Å². The third-order valence-electron chi connectivity index (χ3n) is 3.09. The van der Waals surface area contributed by atoms with Gasteiger partial charge in [-0.15, -0.1) is 11.3 Å². The van der Waals surface area contributed by atoms with Crippen LogP contribution in [-0.4, -0.2) is 15.8 Å². The minimum Gasteiger partial charge on any atom is -0.473 e. The van der Waals surface area contributed by atoms with Gasteiger partial charge in [-0.2, -0.15) is 5.10 Å². The summed E-state index contributed by atoms with van der Waals surface area (Å²) in [5.41, 5.74) is 2.24. The smallest absolute Gasteiger partial charge is 0.212 e. The van der Waals surface area contributed by atoms with E-state index in [1.165, 1.54) is 15.3 Å². The van der Waals surface area contributed by atoms with Crippen LogP contribution in [0.4, 0.5) is 0 Å². The lowest BCUT2D eigenvalue weighted by Crippen LogP contribution is -2.21. The van der Waals surface area contributed by atoms with E-state index in [9.17, 15) is 0 Å². The van der Waals surface area contributed by atoms with Crippen molar-refractivity contribution in [1.82, 2.24) is 15.1 Å². The van der Waals surface area contributed by atoms with Gasteiger partial charge < -0.3 is 10.1 Å². The minimum atomic E-state index is 0.509. The summed E-state index contributed by atoms with van der Waals surface area (Å²) in [5, 5.41) is 7.73. The first-order chi connectivity index (χ1) is 9.45. The summed E-state index contributed by atoms with van der Waals surface area (Å²) in [6.07, 6.45) is 0. The predicted molar refractivity (Wildman–Crippen MR) is 83.3 cm³/mol. The summed E-state index contributed by atoms with van der Waals surface area (Å²) in [6, 6.07) is 4.70. The molecule has 2 aromatic rings. The van der Waals surface area contributed by atoms with Crippen molar-refractivity contribution >= 4 is 11.3 Å². The van der Waals surface area contributed by atoms with Crippen LogP contribution in [0.5, 0.6) is 5.88 Å². The highest BCUT2D eigenvalue weighted by molar-refractivity contribution is 7.12. The highest BCUT2D eigenvalue weighted by Gasteiger charge is 2.09. The molecule has 0 aromatic carbocycles. The van der Waals surface area contributed by atoms with Crippen LogP contribution in [-0.2, 0) is 20.2 Å². The van der Waals surface area contributed by atoms with E-state index in [0.717, 1.165) is 18.1 Å². The lowest BCUT2D eigenvalue weighted by molar-refractivity contribution is 0.278. The van der Waals surface area contributed by atoms with Crippen molar-refractivity contribution in [2.75, 3.05) is 0 Å². The third kappa shape index (κ3) is 3.84. The van der Waals surface area contributed by atoms with Gasteiger partial charge in [-0.25, -0.2) is 4.68 Å². The SMILES string of the molecule is Cc1cc(OCc2cc(CNC(C)C)sc2C)n(C)n1. The van der Waals surface area contributed by atoms with Gasteiger partial charge in [0.15, 0.2) is 0 Å².